The van der Waals surface area contributed by atoms with E-state index in [1.807, 2.05) is 0 Å². The summed E-state index contributed by atoms with van der Waals surface area (Å²) in [6, 6.07) is 18.2. The van der Waals surface area contributed by atoms with Crippen LogP contribution in [0.5, 0.6) is 17.2 Å². The van der Waals surface area contributed by atoms with Crippen molar-refractivity contribution < 1.29 is 14.2 Å². The Morgan fingerprint density at radius 2 is 1.81 bits per heavy atom. The molecule has 0 bridgehead atoms. The van der Waals surface area contributed by atoms with Gasteiger partial charge in [-0.25, -0.2) is 0 Å². The quantitative estimate of drug-likeness (QED) is 0.582. The molecule has 0 aromatic heterocycles. The summed E-state index contributed by atoms with van der Waals surface area (Å²) in [5.41, 5.74) is 9.47. The van der Waals surface area contributed by atoms with Gasteiger partial charge < -0.3 is 14.2 Å². The number of fused-ring (bicyclic) bond motifs is 5. The lowest BCUT2D eigenvalue weighted by Gasteiger charge is -2.42. The molecule has 3 aliphatic rings. The van der Waals surface area contributed by atoms with Gasteiger partial charge in [-0.15, -0.1) is 0 Å². The van der Waals surface area contributed by atoms with Gasteiger partial charge >= 0.3 is 0 Å². The molecular formula is C27H27NO3. The van der Waals surface area contributed by atoms with Crippen LogP contribution in [0.15, 0.2) is 48.5 Å². The Kier molecular flexibility index (Phi) is 4.43. The molecule has 3 aliphatic heterocycles. The molecule has 1 atom stereocenters. The van der Waals surface area contributed by atoms with Crippen molar-refractivity contribution in [2.24, 2.45) is 0 Å². The maximum atomic E-state index is 5.82. The topological polar surface area (TPSA) is 30.9 Å². The summed E-state index contributed by atoms with van der Waals surface area (Å²) >= 11 is 0. The summed E-state index contributed by atoms with van der Waals surface area (Å²) in [5, 5.41) is 0. The van der Waals surface area contributed by atoms with Gasteiger partial charge in [0, 0.05) is 24.7 Å². The molecule has 0 fully saturated rings. The molecule has 3 aromatic rings. The fraction of sp³-hybridized carbons (Fsp3) is 0.333. The maximum Gasteiger partial charge on any atom is 0.231 e. The number of nitrogens with zero attached hydrogens (tertiary/aromatic N) is 1. The zero-order valence-electron chi connectivity index (χ0n) is 18.1. The fourth-order valence-electron chi connectivity index (χ4n) is 5.42. The van der Waals surface area contributed by atoms with Crippen molar-refractivity contribution in [3.63, 3.8) is 0 Å². The van der Waals surface area contributed by atoms with Crippen LogP contribution in [0.4, 0.5) is 0 Å². The highest BCUT2D eigenvalue weighted by atomic mass is 16.7. The summed E-state index contributed by atoms with van der Waals surface area (Å²) in [4.78, 5) is 2.62. The van der Waals surface area contributed by atoms with Crippen molar-refractivity contribution in [2.75, 3.05) is 20.4 Å². The highest BCUT2D eigenvalue weighted by molar-refractivity contribution is 5.76. The average Bonchev–Trinajstić information content (AvgIpc) is 3.28. The molecule has 0 saturated carbocycles. The molecule has 31 heavy (non-hydrogen) atoms. The Bertz CT molecular complexity index is 1150. The van der Waals surface area contributed by atoms with Crippen LogP contribution < -0.4 is 14.2 Å². The van der Waals surface area contributed by atoms with Crippen molar-refractivity contribution in [2.45, 2.75) is 38.8 Å². The van der Waals surface area contributed by atoms with Gasteiger partial charge in [0.15, 0.2) is 11.5 Å². The highest BCUT2D eigenvalue weighted by Gasteiger charge is 2.35. The first-order chi connectivity index (χ1) is 15.2. The number of hydrogen-bond acceptors (Lipinski definition) is 4. The molecule has 0 radical (unpaired) electrons. The predicted octanol–water partition coefficient (Wildman–Crippen LogP) is 5.31. The van der Waals surface area contributed by atoms with E-state index >= 15 is 0 Å². The van der Waals surface area contributed by atoms with Crippen LogP contribution in [0.2, 0.25) is 0 Å². The van der Waals surface area contributed by atoms with E-state index in [0.717, 1.165) is 49.6 Å². The zero-order valence-corrected chi connectivity index (χ0v) is 18.1. The highest BCUT2D eigenvalue weighted by Crippen LogP contribution is 2.46. The second-order valence-corrected chi connectivity index (χ2v) is 8.68. The third kappa shape index (κ3) is 3.01. The fourth-order valence-corrected chi connectivity index (χ4v) is 5.42. The summed E-state index contributed by atoms with van der Waals surface area (Å²) < 4.78 is 17.1. The molecular weight excluding hydrogens is 386 g/mol. The number of rotatable bonds is 3. The molecule has 4 heteroatoms. The first kappa shape index (κ1) is 18.8. The smallest absolute Gasteiger partial charge is 0.231 e. The van der Waals surface area contributed by atoms with Gasteiger partial charge in [-0.3, -0.25) is 4.90 Å². The molecule has 0 aliphatic carbocycles. The second kappa shape index (κ2) is 7.31. The minimum atomic E-state index is 0.329. The number of hydrogen-bond donors (Lipinski definition) is 0. The summed E-state index contributed by atoms with van der Waals surface area (Å²) in [5.74, 6) is 2.74. The van der Waals surface area contributed by atoms with Gasteiger partial charge in [0.05, 0.1) is 7.11 Å². The van der Waals surface area contributed by atoms with Crippen LogP contribution >= 0.6 is 0 Å². The van der Waals surface area contributed by atoms with Crippen molar-refractivity contribution in [3.05, 3.63) is 76.3 Å². The summed E-state index contributed by atoms with van der Waals surface area (Å²) in [6.45, 7) is 4.52. The van der Waals surface area contributed by atoms with Gasteiger partial charge in [0.25, 0.3) is 0 Å². The molecule has 3 aromatic carbocycles. The molecule has 158 valence electrons. The third-order valence-corrected chi connectivity index (χ3v) is 7.12. The number of aryl methyl sites for hydroxylation is 1. The Balaban J connectivity index is 1.43. The van der Waals surface area contributed by atoms with Gasteiger partial charge in [-0.1, -0.05) is 37.3 Å². The Hall–Kier alpha value is -2.98. The minimum Gasteiger partial charge on any atom is -0.496 e. The first-order valence-electron chi connectivity index (χ1n) is 11.2. The van der Waals surface area contributed by atoms with Gasteiger partial charge in [0.2, 0.25) is 6.79 Å². The van der Waals surface area contributed by atoms with E-state index in [1.165, 1.54) is 38.9 Å². The van der Waals surface area contributed by atoms with E-state index in [9.17, 15) is 0 Å². The number of methoxy groups -OCH3 is 1. The largest absolute Gasteiger partial charge is 0.496 e. The van der Waals surface area contributed by atoms with Crippen molar-refractivity contribution in [1.82, 2.24) is 4.90 Å². The van der Waals surface area contributed by atoms with Crippen LogP contribution in [-0.4, -0.2) is 25.3 Å². The molecule has 0 N–H and O–H groups in total. The van der Waals surface area contributed by atoms with Crippen molar-refractivity contribution in [3.8, 4) is 28.4 Å². The van der Waals surface area contributed by atoms with Crippen LogP contribution in [0.3, 0.4) is 0 Å². The molecule has 0 spiro atoms. The van der Waals surface area contributed by atoms with Gasteiger partial charge in [-0.05, 0) is 70.8 Å². The summed E-state index contributed by atoms with van der Waals surface area (Å²) in [6.07, 6.45) is 3.10. The molecule has 0 amide bonds. The zero-order chi connectivity index (χ0) is 20.9. The van der Waals surface area contributed by atoms with Gasteiger partial charge in [0.1, 0.15) is 5.75 Å². The number of benzene rings is 3. The van der Waals surface area contributed by atoms with E-state index in [2.05, 4.69) is 60.4 Å². The van der Waals surface area contributed by atoms with Crippen molar-refractivity contribution in [1.29, 1.82) is 0 Å². The van der Waals surface area contributed by atoms with E-state index in [1.54, 1.807) is 7.11 Å². The van der Waals surface area contributed by atoms with Crippen LogP contribution in [0.25, 0.3) is 11.1 Å². The third-order valence-electron chi connectivity index (χ3n) is 7.12. The number of ether oxygens (including phenoxy) is 3. The van der Waals surface area contributed by atoms with E-state index < -0.39 is 0 Å². The molecule has 6 rings (SSSR count). The van der Waals surface area contributed by atoms with E-state index in [-0.39, 0.29) is 0 Å². The molecule has 4 nitrogen and oxygen atoms in total. The SMILES string of the molecule is CCc1ccc(-c2c(OC)ccc3c2CN2CCc4cc5c(cc4C2C3)OCO5)cc1. The normalized spacial score (nSPS) is 18.8. The molecule has 1 unspecified atom stereocenters. The summed E-state index contributed by atoms with van der Waals surface area (Å²) in [7, 11) is 1.77. The minimum absolute atomic E-state index is 0.329. The standard InChI is InChI=1S/C27H27NO3/c1-3-17-4-6-18(7-5-17)27-22-15-28-11-10-20-13-25-26(31-16-30-25)14-21(20)23(28)12-19(22)8-9-24(27)29-2/h4-9,13-14,23H,3,10-12,15-16H2,1-2H3. The Morgan fingerprint density at radius 1 is 1.00 bits per heavy atom. The maximum absolute atomic E-state index is 5.82. The Labute approximate surface area is 183 Å². The van der Waals surface area contributed by atoms with Gasteiger partial charge in [-0.2, -0.15) is 0 Å². The van der Waals surface area contributed by atoms with Crippen LogP contribution in [-0.2, 0) is 25.8 Å². The Morgan fingerprint density at radius 3 is 2.58 bits per heavy atom. The lowest BCUT2D eigenvalue weighted by Crippen LogP contribution is -2.39. The monoisotopic (exact) mass is 413 g/mol. The average molecular weight is 414 g/mol. The van der Waals surface area contributed by atoms with E-state index in [4.69, 9.17) is 14.2 Å². The lowest BCUT2D eigenvalue weighted by atomic mass is 9.81. The lowest BCUT2D eigenvalue weighted by molar-refractivity contribution is 0.160. The van der Waals surface area contributed by atoms with Crippen LogP contribution in [0.1, 0.15) is 40.8 Å². The molecule has 0 saturated heterocycles. The second-order valence-electron chi connectivity index (χ2n) is 8.68. The molecule has 3 heterocycles. The van der Waals surface area contributed by atoms with Crippen molar-refractivity contribution >= 4 is 0 Å². The van der Waals surface area contributed by atoms with Crippen LogP contribution in [0, 0.1) is 0 Å². The van der Waals surface area contributed by atoms with E-state index in [0.29, 0.717) is 12.8 Å². The first-order valence-corrected chi connectivity index (χ1v) is 11.2. The predicted molar refractivity (Wildman–Crippen MR) is 121 cm³/mol.